The number of aromatic hydroxyl groups is 1. The highest BCUT2D eigenvalue weighted by Crippen LogP contribution is 2.28. The average Bonchev–Trinajstić information content (AvgIpc) is 3.08. The van der Waals surface area contributed by atoms with E-state index in [-0.39, 0.29) is 17.6 Å². The predicted octanol–water partition coefficient (Wildman–Crippen LogP) is 3.53. The highest BCUT2D eigenvalue weighted by Gasteiger charge is 2.27. The number of carbonyl (C=O) groups is 1. The molecule has 0 radical (unpaired) electrons. The third kappa shape index (κ3) is 3.29. The molecule has 1 aromatic heterocycles. The lowest BCUT2D eigenvalue weighted by Gasteiger charge is -2.32. The number of benzene rings is 2. The number of hydrogen-bond donors (Lipinski definition) is 2. The van der Waals surface area contributed by atoms with E-state index in [1.807, 2.05) is 23.1 Å². The first kappa shape index (κ1) is 16.6. The molecule has 1 aliphatic heterocycles. The highest BCUT2D eigenvalue weighted by atomic mass is 16.3. The van der Waals surface area contributed by atoms with E-state index in [4.69, 9.17) is 4.98 Å². The molecule has 26 heavy (non-hydrogen) atoms. The van der Waals surface area contributed by atoms with Crippen molar-refractivity contribution in [3.63, 3.8) is 0 Å². The van der Waals surface area contributed by atoms with Crippen molar-refractivity contribution < 1.29 is 9.90 Å². The number of fused-ring (bicyclic) bond motifs is 1. The Balaban J connectivity index is 1.49. The number of para-hydroxylation sites is 1. The molecule has 0 spiro atoms. The van der Waals surface area contributed by atoms with Crippen LogP contribution in [0.5, 0.6) is 5.75 Å². The number of H-pyrrole nitrogens is 1. The van der Waals surface area contributed by atoms with Gasteiger partial charge in [0.05, 0.1) is 17.5 Å². The van der Waals surface area contributed by atoms with Crippen LogP contribution in [0.4, 0.5) is 0 Å². The fraction of sp³-hybridized carbons (Fsp3) is 0.333. The normalized spacial score (nSPS) is 17.6. The van der Waals surface area contributed by atoms with Crippen molar-refractivity contribution in [3.8, 4) is 5.75 Å². The lowest BCUT2D eigenvalue weighted by molar-refractivity contribution is -0.131. The van der Waals surface area contributed by atoms with Crippen LogP contribution < -0.4 is 0 Å². The van der Waals surface area contributed by atoms with Gasteiger partial charge in [-0.15, -0.1) is 0 Å². The number of likely N-dealkylation sites (tertiary alicyclic amines) is 1. The Morgan fingerprint density at radius 2 is 2.15 bits per heavy atom. The summed E-state index contributed by atoms with van der Waals surface area (Å²) < 4.78 is 0. The molecule has 1 aliphatic rings. The molecular weight excluding hydrogens is 326 g/mol. The molecule has 1 amide bonds. The van der Waals surface area contributed by atoms with Crippen LogP contribution in [0.15, 0.2) is 42.5 Å². The van der Waals surface area contributed by atoms with Crippen molar-refractivity contribution in [3.05, 3.63) is 59.4 Å². The molecular formula is C21H23N3O2. The Morgan fingerprint density at radius 3 is 2.96 bits per heavy atom. The van der Waals surface area contributed by atoms with E-state index in [0.717, 1.165) is 47.4 Å². The number of phenols is 1. The second-order valence-electron chi connectivity index (χ2n) is 7.12. The predicted molar refractivity (Wildman–Crippen MR) is 101 cm³/mol. The molecule has 134 valence electrons. The van der Waals surface area contributed by atoms with Crippen LogP contribution in [-0.4, -0.2) is 39.0 Å². The Bertz CT molecular complexity index is 947. The third-order valence-corrected chi connectivity index (χ3v) is 5.16. The van der Waals surface area contributed by atoms with Crippen LogP contribution in [0, 0.1) is 6.92 Å². The summed E-state index contributed by atoms with van der Waals surface area (Å²) in [5.41, 5.74) is 4.09. The van der Waals surface area contributed by atoms with E-state index in [9.17, 15) is 9.90 Å². The van der Waals surface area contributed by atoms with Gasteiger partial charge in [0.1, 0.15) is 11.6 Å². The molecule has 3 aromatic rings. The fourth-order valence-corrected chi connectivity index (χ4v) is 3.77. The van der Waals surface area contributed by atoms with Gasteiger partial charge in [-0.2, -0.15) is 0 Å². The SMILES string of the molecule is Cc1cccc2[nH]c([C@@H]3CCCN(C(=O)Cc4cccc(O)c4)C3)nc12. The van der Waals surface area contributed by atoms with E-state index in [1.165, 1.54) is 0 Å². The zero-order valence-corrected chi connectivity index (χ0v) is 14.9. The number of piperidine rings is 1. The van der Waals surface area contributed by atoms with Gasteiger partial charge in [0, 0.05) is 19.0 Å². The van der Waals surface area contributed by atoms with Crippen molar-refractivity contribution in [1.82, 2.24) is 14.9 Å². The minimum absolute atomic E-state index is 0.104. The Kier molecular flexibility index (Phi) is 4.37. The molecule has 2 N–H and O–H groups in total. The van der Waals surface area contributed by atoms with E-state index in [1.54, 1.807) is 18.2 Å². The van der Waals surface area contributed by atoms with Gasteiger partial charge in [-0.05, 0) is 49.1 Å². The van der Waals surface area contributed by atoms with Gasteiger partial charge < -0.3 is 15.0 Å². The van der Waals surface area contributed by atoms with Gasteiger partial charge in [0.25, 0.3) is 0 Å². The van der Waals surface area contributed by atoms with E-state index in [2.05, 4.69) is 18.0 Å². The highest BCUT2D eigenvalue weighted by molar-refractivity contribution is 5.80. The van der Waals surface area contributed by atoms with Crippen molar-refractivity contribution in [2.24, 2.45) is 0 Å². The Labute approximate surface area is 152 Å². The molecule has 1 saturated heterocycles. The number of nitrogens with zero attached hydrogens (tertiary/aromatic N) is 2. The number of carbonyl (C=O) groups excluding carboxylic acids is 1. The van der Waals surface area contributed by atoms with Gasteiger partial charge in [-0.25, -0.2) is 4.98 Å². The number of aromatic nitrogens is 2. The van der Waals surface area contributed by atoms with Crippen LogP contribution in [0.1, 0.15) is 35.7 Å². The molecule has 0 saturated carbocycles. The van der Waals surface area contributed by atoms with Crippen molar-refractivity contribution in [1.29, 1.82) is 0 Å². The van der Waals surface area contributed by atoms with Crippen LogP contribution in [-0.2, 0) is 11.2 Å². The van der Waals surface area contributed by atoms with Gasteiger partial charge in [-0.3, -0.25) is 4.79 Å². The lowest BCUT2D eigenvalue weighted by Crippen LogP contribution is -2.40. The molecule has 5 nitrogen and oxygen atoms in total. The van der Waals surface area contributed by atoms with Crippen LogP contribution in [0.2, 0.25) is 0 Å². The average molecular weight is 349 g/mol. The first-order chi connectivity index (χ1) is 12.6. The summed E-state index contributed by atoms with van der Waals surface area (Å²) >= 11 is 0. The Morgan fingerprint density at radius 1 is 1.31 bits per heavy atom. The summed E-state index contributed by atoms with van der Waals surface area (Å²) in [6, 6.07) is 13.1. The number of nitrogens with one attached hydrogen (secondary N) is 1. The van der Waals surface area contributed by atoms with Crippen LogP contribution in [0.25, 0.3) is 11.0 Å². The van der Waals surface area contributed by atoms with Gasteiger partial charge in [0.2, 0.25) is 5.91 Å². The molecule has 2 aromatic carbocycles. The van der Waals surface area contributed by atoms with Crippen LogP contribution >= 0.6 is 0 Å². The number of imidazole rings is 1. The van der Waals surface area contributed by atoms with E-state index in [0.29, 0.717) is 13.0 Å². The molecule has 0 aliphatic carbocycles. The second-order valence-corrected chi connectivity index (χ2v) is 7.12. The summed E-state index contributed by atoms with van der Waals surface area (Å²) in [5.74, 6) is 1.52. The quantitative estimate of drug-likeness (QED) is 0.760. The first-order valence-corrected chi connectivity index (χ1v) is 9.11. The standard InChI is InChI=1S/C21H23N3O2/c1-14-5-2-9-18-20(14)23-21(22-18)16-7-4-10-24(13-16)19(26)12-15-6-3-8-17(25)11-15/h2-3,5-6,8-9,11,16,25H,4,7,10,12-13H2,1H3,(H,22,23)/t16-/m1/s1. The molecule has 1 atom stereocenters. The lowest BCUT2D eigenvalue weighted by atomic mass is 9.96. The zero-order chi connectivity index (χ0) is 18.1. The summed E-state index contributed by atoms with van der Waals surface area (Å²) in [6.07, 6.45) is 2.33. The number of aromatic amines is 1. The molecule has 1 fully saturated rings. The summed E-state index contributed by atoms with van der Waals surface area (Å²) in [6.45, 7) is 3.54. The van der Waals surface area contributed by atoms with Gasteiger partial charge in [-0.1, -0.05) is 24.3 Å². The van der Waals surface area contributed by atoms with Gasteiger partial charge >= 0.3 is 0 Å². The van der Waals surface area contributed by atoms with E-state index < -0.39 is 0 Å². The van der Waals surface area contributed by atoms with Crippen molar-refractivity contribution in [2.45, 2.75) is 32.1 Å². The smallest absolute Gasteiger partial charge is 0.227 e. The summed E-state index contributed by atoms with van der Waals surface area (Å²) in [5, 5.41) is 9.58. The Hall–Kier alpha value is -2.82. The minimum atomic E-state index is 0.104. The maximum Gasteiger partial charge on any atom is 0.227 e. The van der Waals surface area contributed by atoms with Crippen molar-refractivity contribution >= 4 is 16.9 Å². The summed E-state index contributed by atoms with van der Waals surface area (Å²) in [4.78, 5) is 22.9. The number of phenolic OH excluding ortho intramolecular Hbond substituents is 1. The zero-order valence-electron chi connectivity index (χ0n) is 14.9. The monoisotopic (exact) mass is 349 g/mol. The van der Waals surface area contributed by atoms with Gasteiger partial charge in [0.15, 0.2) is 0 Å². The fourth-order valence-electron chi connectivity index (χ4n) is 3.77. The topological polar surface area (TPSA) is 69.2 Å². The molecule has 0 unspecified atom stereocenters. The maximum atomic E-state index is 12.7. The maximum absolute atomic E-state index is 12.7. The number of aryl methyl sites for hydroxylation is 1. The number of rotatable bonds is 3. The van der Waals surface area contributed by atoms with Crippen LogP contribution in [0.3, 0.4) is 0 Å². The van der Waals surface area contributed by atoms with Crippen molar-refractivity contribution in [2.75, 3.05) is 13.1 Å². The third-order valence-electron chi connectivity index (χ3n) is 5.16. The largest absolute Gasteiger partial charge is 0.508 e. The molecule has 0 bridgehead atoms. The summed E-state index contributed by atoms with van der Waals surface area (Å²) in [7, 11) is 0. The molecule has 4 rings (SSSR count). The molecule has 2 heterocycles. The van der Waals surface area contributed by atoms with E-state index >= 15 is 0 Å². The number of amides is 1. The number of hydrogen-bond acceptors (Lipinski definition) is 3. The first-order valence-electron chi connectivity index (χ1n) is 9.11. The minimum Gasteiger partial charge on any atom is -0.508 e. The molecule has 5 heteroatoms. The second kappa shape index (κ2) is 6.83.